The average Bonchev–Trinajstić information content (AvgIpc) is 2.08. The Morgan fingerprint density at radius 2 is 2.22 bits per heavy atom. The zero-order chi connectivity index (χ0) is 6.43. The maximum absolute atomic E-state index is 5.77. The van der Waals surface area contributed by atoms with Gasteiger partial charge >= 0.3 is 0 Å². The normalized spacial score (nSPS) is 50.7. The molecule has 1 saturated carbocycles. The summed E-state index contributed by atoms with van der Waals surface area (Å²) >= 11 is 4.27. The van der Waals surface area contributed by atoms with E-state index < -0.39 is 0 Å². The van der Waals surface area contributed by atoms with Crippen molar-refractivity contribution in [1.82, 2.24) is 4.31 Å². The highest BCUT2D eigenvalue weighted by Crippen LogP contribution is 2.39. The lowest BCUT2D eigenvalue weighted by Gasteiger charge is -2.36. The Morgan fingerprint density at radius 3 is 2.67 bits per heavy atom. The van der Waals surface area contributed by atoms with Crippen molar-refractivity contribution in [3.8, 4) is 0 Å². The highest BCUT2D eigenvalue weighted by molar-refractivity contribution is 7.77. The minimum absolute atomic E-state index is 0.479. The van der Waals surface area contributed by atoms with Gasteiger partial charge in [-0.15, -0.1) is 0 Å². The summed E-state index contributed by atoms with van der Waals surface area (Å²) in [5, 5.41) is 0. The molecule has 1 heterocycles. The van der Waals surface area contributed by atoms with Crippen molar-refractivity contribution in [2.45, 2.75) is 12.5 Å². The van der Waals surface area contributed by atoms with Gasteiger partial charge in [-0.25, -0.2) is 0 Å². The van der Waals surface area contributed by atoms with Gasteiger partial charge in [-0.3, -0.25) is 4.31 Å². The van der Waals surface area contributed by atoms with Gasteiger partial charge in [-0.2, -0.15) is 0 Å². The van der Waals surface area contributed by atoms with Gasteiger partial charge in [0.25, 0.3) is 0 Å². The first-order valence-electron chi connectivity index (χ1n) is 3.47. The summed E-state index contributed by atoms with van der Waals surface area (Å²) in [6.07, 6.45) is 1.22. The molecule has 3 unspecified atom stereocenters. The van der Waals surface area contributed by atoms with Crippen LogP contribution >= 0.6 is 12.8 Å². The molecule has 1 saturated heterocycles. The molecule has 2 aliphatic rings. The van der Waals surface area contributed by atoms with Crippen LogP contribution in [0.5, 0.6) is 0 Å². The molecule has 9 heavy (non-hydrogen) atoms. The van der Waals surface area contributed by atoms with Gasteiger partial charge in [-0.05, 0) is 18.3 Å². The first-order valence-corrected chi connectivity index (χ1v) is 3.87. The van der Waals surface area contributed by atoms with Crippen molar-refractivity contribution in [1.29, 1.82) is 0 Å². The number of rotatable bonds is 0. The number of nitrogens with two attached hydrogens (primary N) is 1. The maximum atomic E-state index is 5.77. The molecule has 0 aromatic carbocycles. The van der Waals surface area contributed by atoms with Crippen molar-refractivity contribution >= 4 is 12.8 Å². The number of hydrogen-bond acceptors (Lipinski definition) is 3. The molecule has 3 heteroatoms. The Balaban J connectivity index is 2.00. The molecule has 0 bridgehead atoms. The second kappa shape index (κ2) is 1.87. The van der Waals surface area contributed by atoms with Gasteiger partial charge in [0.15, 0.2) is 0 Å². The molecule has 0 aromatic heterocycles. The van der Waals surface area contributed by atoms with E-state index in [0.29, 0.717) is 6.04 Å². The molecule has 0 amide bonds. The summed E-state index contributed by atoms with van der Waals surface area (Å²) in [6, 6.07) is 0.479. The molecule has 0 radical (unpaired) electrons. The number of thiol groups is 1. The molecule has 2 N–H and O–H groups in total. The zero-order valence-electron chi connectivity index (χ0n) is 5.33. The lowest BCUT2D eigenvalue weighted by atomic mass is 9.72. The fourth-order valence-electron chi connectivity index (χ4n) is 1.94. The van der Waals surface area contributed by atoms with Crippen LogP contribution in [-0.2, 0) is 0 Å². The Morgan fingerprint density at radius 1 is 1.44 bits per heavy atom. The monoisotopic (exact) mass is 144 g/mol. The largest absolute Gasteiger partial charge is 0.327 e. The van der Waals surface area contributed by atoms with Gasteiger partial charge in [-0.1, -0.05) is 12.8 Å². The topological polar surface area (TPSA) is 29.3 Å². The van der Waals surface area contributed by atoms with Crippen LogP contribution in [0.15, 0.2) is 0 Å². The van der Waals surface area contributed by atoms with Crippen LogP contribution in [0.2, 0.25) is 0 Å². The third kappa shape index (κ3) is 0.791. The van der Waals surface area contributed by atoms with E-state index in [1.165, 1.54) is 6.42 Å². The summed E-state index contributed by atoms with van der Waals surface area (Å²) in [5.74, 6) is 1.64. The van der Waals surface area contributed by atoms with E-state index in [-0.39, 0.29) is 0 Å². The van der Waals surface area contributed by atoms with Crippen molar-refractivity contribution in [2.24, 2.45) is 17.6 Å². The zero-order valence-corrected chi connectivity index (χ0v) is 6.22. The second-order valence-electron chi connectivity index (χ2n) is 3.20. The molecule has 0 aromatic rings. The molecule has 2 fully saturated rings. The Hall–Kier alpha value is 0.270. The van der Waals surface area contributed by atoms with Crippen LogP contribution in [0.3, 0.4) is 0 Å². The molecule has 2 nitrogen and oxygen atoms in total. The SMILES string of the molecule is NC1CC2CN(S)CC12. The average molecular weight is 144 g/mol. The highest BCUT2D eigenvalue weighted by atomic mass is 32.1. The lowest BCUT2D eigenvalue weighted by molar-refractivity contribution is 0.194. The standard InChI is InChI=1S/C6H12N2S/c7-6-1-4-2-8(9)3-5(4)6/h4-6,9H,1-3,7H2. The number of fused-ring (bicyclic) bond motifs is 1. The maximum Gasteiger partial charge on any atom is 0.0133 e. The van der Waals surface area contributed by atoms with Gasteiger partial charge in [0.2, 0.25) is 0 Å². The van der Waals surface area contributed by atoms with E-state index in [1.54, 1.807) is 0 Å². The van der Waals surface area contributed by atoms with E-state index in [0.717, 1.165) is 24.9 Å². The quantitative estimate of drug-likeness (QED) is 0.473. The first kappa shape index (κ1) is 6.01. The fraction of sp³-hybridized carbons (Fsp3) is 1.00. The number of hydrogen-bond donors (Lipinski definition) is 2. The third-order valence-electron chi connectivity index (χ3n) is 2.60. The Kier molecular flexibility index (Phi) is 1.25. The molecule has 0 spiro atoms. The molecular formula is C6H12N2S. The van der Waals surface area contributed by atoms with Crippen LogP contribution < -0.4 is 5.73 Å². The minimum atomic E-state index is 0.479. The van der Waals surface area contributed by atoms with E-state index in [9.17, 15) is 0 Å². The summed E-state index contributed by atoms with van der Waals surface area (Å²) in [7, 11) is 0. The van der Waals surface area contributed by atoms with E-state index >= 15 is 0 Å². The second-order valence-corrected chi connectivity index (χ2v) is 3.76. The lowest BCUT2D eigenvalue weighted by Crippen LogP contribution is -2.46. The molecular weight excluding hydrogens is 132 g/mol. The molecule has 1 aliphatic carbocycles. The predicted octanol–water partition coefficient (Wildman–Crippen LogP) is 0.110. The van der Waals surface area contributed by atoms with Gasteiger partial charge in [0.05, 0.1) is 0 Å². The van der Waals surface area contributed by atoms with Gasteiger partial charge < -0.3 is 5.73 Å². The summed E-state index contributed by atoms with van der Waals surface area (Å²) in [5.41, 5.74) is 5.77. The van der Waals surface area contributed by atoms with Gasteiger partial charge in [0, 0.05) is 19.1 Å². The molecule has 52 valence electrons. The van der Waals surface area contributed by atoms with E-state index in [4.69, 9.17) is 5.73 Å². The van der Waals surface area contributed by atoms with Crippen LogP contribution in [0, 0.1) is 11.8 Å². The Bertz CT molecular complexity index is 128. The highest BCUT2D eigenvalue weighted by Gasteiger charge is 2.44. The van der Waals surface area contributed by atoms with Gasteiger partial charge in [0.1, 0.15) is 0 Å². The first-order chi connectivity index (χ1) is 4.27. The van der Waals surface area contributed by atoms with Crippen LogP contribution in [0.1, 0.15) is 6.42 Å². The van der Waals surface area contributed by atoms with Crippen LogP contribution in [0.25, 0.3) is 0 Å². The smallest absolute Gasteiger partial charge is 0.0133 e. The third-order valence-corrected chi connectivity index (χ3v) is 2.92. The molecule has 3 atom stereocenters. The van der Waals surface area contributed by atoms with E-state index in [2.05, 4.69) is 17.1 Å². The van der Waals surface area contributed by atoms with Crippen LogP contribution in [0.4, 0.5) is 0 Å². The summed E-state index contributed by atoms with van der Waals surface area (Å²) < 4.78 is 2.09. The molecule has 2 rings (SSSR count). The van der Waals surface area contributed by atoms with Crippen molar-refractivity contribution in [3.63, 3.8) is 0 Å². The fourth-order valence-corrected chi connectivity index (χ4v) is 2.33. The van der Waals surface area contributed by atoms with E-state index in [1.807, 2.05) is 0 Å². The Labute approximate surface area is 60.9 Å². The summed E-state index contributed by atoms with van der Waals surface area (Å²) in [6.45, 7) is 2.26. The van der Waals surface area contributed by atoms with Crippen molar-refractivity contribution < 1.29 is 0 Å². The van der Waals surface area contributed by atoms with Crippen molar-refractivity contribution in [2.75, 3.05) is 13.1 Å². The summed E-state index contributed by atoms with van der Waals surface area (Å²) in [4.78, 5) is 0. The predicted molar refractivity (Wildman–Crippen MR) is 40.1 cm³/mol. The number of nitrogens with zero attached hydrogens (tertiary/aromatic N) is 1. The minimum Gasteiger partial charge on any atom is -0.327 e. The van der Waals surface area contributed by atoms with Crippen molar-refractivity contribution in [3.05, 3.63) is 0 Å². The molecule has 1 aliphatic heterocycles. The van der Waals surface area contributed by atoms with Crippen LogP contribution in [-0.4, -0.2) is 23.4 Å².